The predicted octanol–water partition coefficient (Wildman–Crippen LogP) is 2.60. The van der Waals surface area contributed by atoms with Crippen molar-refractivity contribution < 1.29 is 13.2 Å². The zero-order valence-corrected chi connectivity index (χ0v) is 15.0. The average molecular weight is 350 g/mol. The van der Waals surface area contributed by atoms with Crippen LogP contribution in [0.3, 0.4) is 0 Å². The van der Waals surface area contributed by atoms with Gasteiger partial charge in [0.1, 0.15) is 6.04 Å². The fraction of sp³-hybridized carbons (Fsp3) is 0.611. The van der Waals surface area contributed by atoms with Gasteiger partial charge in [-0.05, 0) is 50.3 Å². The van der Waals surface area contributed by atoms with Crippen molar-refractivity contribution in [3.05, 3.63) is 29.8 Å². The van der Waals surface area contributed by atoms with Crippen molar-refractivity contribution in [3.8, 4) is 0 Å². The van der Waals surface area contributed by atoms with E-state index in [2.05, 4.69) is 5.32 Å². The molecule has 1 heterocycles. The molecule has 1 saturated heterocycles. The number of amides is 1. The Bertz CT molecular complexity index is 696. The van der Waals surface area contributed by atoms with Gasteiger partial charge in [-0.1, -0.05) is 31.4 Å². The van der Waals surface area contributed by atoms with Gasteiger partial charge in [-0.2, -0.15) is 4.31 Å². The van der Waals surface area contributed by atoms with Gasteiger partial charge in [-0.15, -0.1) is 0 Å². The lowest BCUT2D eigenvalue weighted by atomic mass is 9.95. The Morgan fingerprint density at radius 1 is 1.12 bits per heavy atom. The minimum atomic E-state index is -3.62. The molecule has 1 aromatic rings. The molecule has 1 aliphatic carbocycles. The maximum Gasteiger partial charge on any atom is 0.243 e. The maximum absolute atomic E-state index is 12.9. The van der Waals surface area contributed by atoms with Gasteiger partial charge in [0.15, 0.2) is 0 Å². The number of benzene rings is 1. The normalized spacial score (nSPS) is 23.3. The Morgan fingerprint density at radius 3 is 2.58 bits per heavy atom. The number of hydrogen-bond acceptors (Lipinski definition) is 3. The molecular weight excluding hydrogens is 324 g/mol. The van der Waals surface area contributed by atoms with Crippen LogP contribution in [0, 0.1) is 6.92 Å². The molecule has 0 unspecified atom stereocenters. The number of sulfonamides is 1. The van der Waals surface area contributed by atoms with Gasteiger partial charge >= 0.3 is 0 Å². The highest BCUT2D eigenvalue weighted by Crippen LogP contribution is 2.27. The Labute approximate surface area is 144 Å². The van der Waals surface area contributed by atoms with Crippen LogP contribution in [0.1, 0.15) is 50.5 Å². The molecule has 24 heavy (non-hydrogen) atoms. The van der Waals surface area contributed by atoms with Crippen molar-refractivity contribution in [2.75, 3.05) is 6.54 Å². The second-order valence-electron chi connectivity index (χ2n) is 6.93. The molecule has 2 aliphatic rings. The smallest absolute Gasteiger partial charge is 0.243 e. The Morgan fingerprint density at radius 2 is 1.88 bits per heavy atom. The summed E-state index contributed by atoms with van der Waals surface area (Å²) in [7, 11) is -3.62. The number of aryl methyl sites for hydroxylation is 1. The van der Waals surface area contributed by atoms with Crippen LogP contribution in [0.25, 0.3) is 0 Å². The number of nitrogens with one attached hydrogen (secondary N) is 1. The molecule has 1 saturated carbocycles. The fourth-order valence-corrected chi connectivity index (χ4v) is 5.51. The van der Waals surface area contributed by atoms with Crippen LogP contribution in [0.5, 0.6) is 0 Å². The van der Waals surface area contributed by atoms with Gasteiger partial charge in [-0.25, -0.2) is 8.42 Å². The molecule has 1 atom stereocenters. The van der Waals surface area contributed by atoms with Gasteiger partial charge in [0, 0.05) is 12.6 Å². The first-order chi connectivity index (χ1) is 11.5. The van der Waals surface area contributed by atoms with E-state index in [9.17, 15) is 13.2 Å². The number of rotatable bonds is 4. The van der Waals surface area contributed by atoms with E-state index in [1.165, 1.54) is 10.7 Å². The van der Waals surface area contributed by atoms with E-state index in [0.29, 0.717) is 13.0 Å². The van der Waals surface area contributed by atoms with Crippen molar-refractivity contribution >= 4 is 15.9 Å². The van der Waals surface area contributed by atoms with Crippen molar-refractivity contribution in [1.82, 2.24) is 9.62 Å². The predicted molar refractivity (Wildman–Crippen MR) is 93.1 cm³/mol. The van der Waals surface area contributed by atoms with E-state index >= 15 is 0 Å². The molecule has 6 heteroatoms. The molecule has 1 amide bonds. The van der Waals surface area contributed by atoms with Gasteiger partial charge in [0.25, 0.3) is 0 Å². The average Bonchev–Trinajstić information content (AvgIpc) is 3.06. The first-order valence-corrected chi connectivity index (χ1v) is 10.3. The molecule has 3 rings (SSSR count). The van der Waals surface area contributed by atoms with Crippen molar-refractivity contribution in [2.45, 2.75) is 68.8 Å². The van der Waals surface area contributed by atoms with Crippen LogP contribution in [-0.4, -0.2) is 37.3 Å². The van der Waals surface area contributed by atoms with Crippen LogP contribution < -0.4 is 5.32 Å². The molecule has 0 spiro atoms. The van der Waals surface area contributed by atoms with Crippen molar-refractivity contribution in [2.24, 2.45) is 0 Å². The zero-order valence-electron chi connectivity index (χ0n) is 14.2. The molecular formula is C18H26N2O3S. The number of carbonyl (C=O) groups excluding carboxylic acids is 1. The molecule has 2 fully saturated rings. The third-order valence-corrected chi connectivity index (χ3v) is 6.96. The Hall–Kier alpha value is -1.40. The molecule has 0 radical (unpaired) electrons. The molecule has 0 aromatic heterocycles. The summed E-state index contributed by atoms with van der Waals surface area (Å²) < 4.78 is 27.3. The van der Waals surface area contributed by atoms with Gasteiger partial charge in [-0.3, -0.25) is 4.79 Å². The second-order valence-corrected chi connectivity index (χ2v) is 8.82. The van der Waals surface area contributed by atoms with Crippen LogP contribution in [-0.2, 0) is 14.8 Å². The van der Waals surface area contributed by atoms with Gasteiger partial charge in [0.05, 0.1) is 4.90 Å². The van der Waals surface area contributed by atoms with Crippen LogP contribution in [0.2, 0.25) is 0 Å². The number of hydrogen-bond donors (Lipinski definition) is 1. The summed E-state index contributed by atoms with van der Waals surface area (Å²) in [6, 6.07) is 6.53. The second kappa shape index (κ2) is 7.23. The van der Waals surface area contributed by atoms with Crippen molar-refractivity contribution in [1.29, 1.82) is 0 Å². The monoisotopic (exact) mass is 350 g/mol. The SMILES string of the molecule is Cc1cccc(S(=O)(=O)N2CCC[C@@H]2C(=O)NC2CCCCC2)c1. The fourth-order valence-electron chi connectivity index (χ4n) is 3.75. The van der Waals surface area contributed by atoms with Crippen LogP contribution in [0.15, 0.2) is 29.2 Å². The lowest BCUT2D eigenvalue weighted by Crippen LogP contribution is -2.49. The molecule has 1 aliphatic heterocycles. The third-order valence-electron chi connectivity index (χ3n) is 5.05. The van der Waals surface area contributed by atoms with Crippen LogP contribution in [0.4, 0.5) is 0 Å². The van der Waals surface area contributed by atoms with Crippen LogP contribution >= 0.6 is 0 Å². The maximum atomic E-state index is 12.9. The molecule has 0 bridgehead atoms. The molecule has 5 nitrogen and oxygen atoms in total. The van der Waals surface area contributed by atoms with Gasteiger partial charge < -0.3 is 5.32 Å². The molecule has 1 aromatic carbocycles. The summed E-state index contributed by atoms with van der Waals surface area (Å²) in [5.74, 6) is -0.129. The third kappa shape index (κ3) is 3.64. The van der Waals surface area contributed by atoms with E-state index in [-0.39, 0.29) is 16.8 Å². The minimum Gasteiger partial charge on any atom is -0.352 e. The van der Waals surface area contributed by atoms with E-state index in [0.717, 1.165) is 37.7 Å². The number of nitrogens with zero attached hydrogens (tertiary/aromatic N) is 1. The summed E-state index contributed by atoms with van der Waals surface area (Å²) in [6.07, 6.45) is 6.84. The minimum absolute atomic E-state index is 0.129. The van der Waals surface area contributed by atoms with E-state index in [1.807, 2.05) is 13.0 Å². The van der Waals surface area contributed by atoms with Gasteiger partial charge in [0.2, 0.25) is 15.9 Å². The van der Waals surface area contributed by atoms with E-state index in [4.69, 9.17) is 0 Å². The van der Waals surface area contributed by atoms with E-state index < -0.39 is 16.1 Å². The quantitative estimate of drug-likeness (QED) is 0.908. The summed E-state index contributed by atoms with van der Waals surface area (Å²) in [4.78, 5) is 12.9. The first kappa shape index (κ1) is 17.4. The summed E-state index contributed by atoms with van der Waals surface area (Å²) in [5.41, 5.74) is 0.901. The van der Waals surface area contributed by atoms with Crippen molar-refractivity contribution in [3.63, 3.8) is 0 Å². The van der Waals surface area contributed by atoms with E-state index in [1.54, 1.807) is 18.2 Å². The summed E-state index contributed by atoms with van der Waals surface area (Å²) in [5, 5.41) is 3.08. The molecule has 132 valence electrons. The largest absolute Gasteiger partial charge is 0.352 e. The lowest BCUT2D eigenvalue weighted by molar-refractivity contribution is -0.125. The Balaban J connectivity index is 1.75. The standard InChI is InChI=1S/C18H26N2O3S/c1-14-7-5-10-16(13-14)24(22,23)20-12-6-11-17(20)18(21)19-15-8-3-2-4-9-15/h5,7,10,13,15,17H,2-4,6,8-9,11-12H2,1H3,(H,19,21)/t17-/m1/s1. The highest BCUT2D eigenvalue weighted by Gasteiger charge is 2.39. The topological polar surface area (TPSA) is 66.5 Å². The highest BCUT2D eigenvalue weighted by atomic mass is 32.2. The first-order valence-electron chi connectivity index (χ1n) is 8.87. The lowest BCUT2D eigenvalue weighted by Gasteiger charge is -2.28. The highest BCUT2D eigenvalue weighted by molar-refractivity contribution is 7.89. The number of carbonyl (C=O) groups is 1. The molecule has 1 N–H and O–H groups in total. The summed E-state index contributed by atoms with van der Waals surface area (Å²) in [6.45, 7) is 2.29. The Kier molecular flexibility index (Phi) is 5.25. The zero-order chi connectivity index (χ0) is 17.2. The summed E-state index contributed by atoms with van der Waals surface area (Å²) >= 11 is 0.